The number of halogens is 2. The third-order valence-electron chi connectivity index (χ3n) is 5.20. The highest BCUT2D eigenvalue weighted by atomic mass is 35.5. The van der Waals surface area contributed by atoms with Crippen LogP contribution in [0.25, 0.3) is 11.3 Å². The molecule has 2 heterocycles. The molecule has 1 aliphatic rings. The number of anilines is 3. The Morgan fingerprint density at radius 2 is 2.00 bits per heavy atom. The van der Waals surface area contributed by atoms with Crippen molar-refractivity contribution in [2.24, 2.45) is 0 Å². The number of carbonyl (C=O) groups is 1. The van der Waals surface area contributed by atoms with Crippen molar-refractivity contribution in [1.29, 1.82) is 0 Å². The van der Waals surface area contributed by atoms with Crippen LogP contribution >= 0.6 is 11.6 Å². The van der Waals surface area contributed by atoms with Crippen molar-refractivity contribution in [2.75, 3.05) is 23.5 Å². The highest BCUT2D eigenvalue weighted by Gasteiger charge is 2.32. The molecule has 7 nitrogen and oxygen atoms in total. The lowest BCUT2D eigenvalue weighted by molar-refractivity contribution is 0.0949. The molecular formula is C23H23ClFN5O2. The van der Waals surface area contributed by atoms with E-state index in [1.807, 2.05) is 18.2 Å². The molecule has 4 rings (SSSR count). The Labute approximate surface area is 190 Å². The van der Waals surface area contributed by atoms with Crippen molar-refractivity contribution in [2.45, 2.75) is 26.3 Å². The molecule has 0 unspecified atom stereocenters. The summed E-state index contributed by atoms with van der Waals surface area (Å²) in [6, 6.07) is 11.6. The molecule has 0 radical (unpaired) electrons. The van der Waals surface area contributed by atoms with Crippen molar-refractivity contribution in [1.82, 2.24) is 15.3 Å². The molecule has 3 aromatic rings. The molecule has 1 amide bonds. The fourth-order valence-corrected chi connectivity index (χ4v) is 3.76. The van der Waals surface area contributed by atoms with E-state index in [1.54, 1.807) is 37.8 Å². The summed E-state index contributed by atoms with van der Waals surface area (Å²) in [7, 11) is 0. The van der Waals surface area contributed by atoms with Crippen molar-refractivity contribution >= 4 is 35.0 Å². The molecule has 1 aliphatic heterocycles. The Morgan fingerprint density at radius 3 is 2.69 bits per heavy atom. The van der Waals surface area contributed by atoms with Crippen LogP contribution < -0.4 is 15.5 Å². The normalized spacial score (nSPS) is 13.6. The largest absolute Gasteiger partial charge is 0.394 e. The number of hydrogen-bond acceptors (Lipinski definition) is 6. The first-order valence-corrected chi connectivity index (χ1v) is 10.5. The zero-order valence-corrected chi connectivity index (χ0v) is 18.7. The molecule has 0 aliphatic carbocycles. The fraction of sp³-hybridized carbons (Fsp3) is 0.261. The standard InChI is InChI=1S/C23H23ClFN5O2/c1-13-10-14(25)8-9-15(13)19-18-20(28-22(27-19)29-23(2,3)11-31)30(12-26-21(18)32)17-7-5-4-6-16(17)24/h4-10,31H,11-12H2,1-3H3,(H,26,32)(H,27,28,29). The molecule has 0 saturated carbocycles. The Morgan fingerprint density at radius 1 is 1.25 bits per heavy atom. The maximum absolute atomic E-state index is 13.8. The minimum Gasteiger partial charge on any atom is -0.394 e. The summed E-state index contributed by atoms with van der Waals surface area (Å²) < 4.78 is 13.8. The Kier molecular flexibility index (Phi) is 5.75. The zero-order valence-electron chi connectivity index (χ0n) is 17.9. The summed E-state index contributed by atoms with van der Waals surface area (Å²) in [6.45, 7) is 5.36. The van der Waals surface area contributed by atoms with Crippen LogP contribution in [-0.2, 0) is 0 Å². The van der Waals surface area contributed by atoms with Gasteiger partial charge in [0.15, 0.2) is 5.82 Å². The minimum absolute atomic E-state index is 0.160. The van der Waals surface area contributed by atoms with E-state index < -0.39 is 5.54 Å². The SMILES string of the molecule is Cc1cc(F)ccc1-c1nc(NC(C)(C)CO)nc2c1C(=O)NCN2c1ccccc1Cl. The number of carbonyl (C=O) groups excluding carboxylic acids is 1. The smallest absolute Gasteiger partial charge is 0.258 e. The Hall–Kier alpha value is -3.23. The molecule has 0 fully saturated rings. The van der Waals surface area contributed by atoms with Crippen LogP contribution in [0.2, 0.25) is 5.02 Å². The number of rotatable bonds is 5. The highest BCUT2D eigenvalue weighted by molar-refractivity contribution is 6.33. The third-order valence-corrected chi connectivity index (χ3v) is 5.52. The number of aliphatic hydroxyl groups is 1. The Bertz CT molecular complexity index is 1200. The first kappa shape index (κ1) is 22.0. The van der Waals surface area contributed by atoms with E-state index in [9.17, 15) is 14.3 Å². The van der Waals surface area contributed by atoms with Gasteiger partial charge in [0.05, 0.1) is 35.2 Å². The van der Waals surface area contributed by atoms with E-state index in [4.69, 9.17) is 11.6 Å². The van der Waals surface area contributed by atoms with Crippen molar-refractivity contribution in [3.05, 3.63) is 64.4 Å². The van der Waals surface area contributed by atoms with Gasteiger partial charge in [0.1, 0.15) is 11.4 Å². The number of benzene rings is 2. The van der Waals surface area contributed by atoms with E-state index in [2.05, 4.69) is 20.6 Å². The number of nitrogens with one attached hydrogen (secondary N) is 2. The number of aliphatic hydroxyl groups excluding tert-OH is 1. The number of amides is 1. The van der Waals surface area contributed by atoms with Crippen molar-refractivity contribution in [3.63, 3.8) is 0 Å². The molecular weight excluding hydrogens is 433 g/mol. The maximum Gasteiger partial charge on any atom is 0.258 e. The van der Waals surface area contributed by atoms with Gasteiger partial charge in [0.2, 0.25) is 5.95 Å². The summed E-state index contributed by atoms with van der Waals surface area (Å²) in [5.41, 5.74) is 1.81. The van der Waals surface area contributed by atoms with Gasteiger partial charge in [0, 0.05) is 5.56 Å². The molecule has 0 spiro atoms. The topological polar surface area (TPSA) is 90.4 Å². The lowest BCUT2D eigenvalue weighted by atomic mass is 9.99. The zero-order chi connectivity index (χ0) is 23.0. The quantitative estimate of drug-likeness (QED) is 0.532. The minimum atomic E-state index is -0.713. The first-order valence-electron chi connectivity index (χ1n) is 10.1. The fourth-order valence-electron chi connectivity index (χ4n) is 3.52. The van der Waals surface area contributed by atoms with Gasteiger partial charge in [-0.2, -0.15) is 4.98 Å². The second-order valence-electron chi connectivity index (χ2n) is 8.26. The van der Waals surface area contributed by atoms with Crippen molar-refractivity contribution in [3.8, 4) is 11.3 Å². The number of aromatic nitrogens is 2. The Balaban J connectivity index is 1.99. The molecule has 32 heavy (non-hydrogen) atoms. The van der Waals surface area contributed by atoms with E-state index in [-0.39, 0.29) is 36.5 Å². The second-order valence-corrected chi connectivity index (χ2v) is 8.67. The van der Waals surface area contributed by atoms with Crippen LogP contribution in [0.15, 0.2) is 42.5 Å². The predicted molar refractivity (Wildman–Crippen MR) is 123 cm³/mol. The van der Waals surface area contributed by atoms with E-state index in [0.29, 0.717) is 33.3 Å². The molecule has 2 aromatic carbocycles. The number of aryl methyl sites for hydroxylation is 1. The van der Waals surface area contributed by atoms with Crippen LogP contribution in [0, 0.1) is 12.7 Å². The predicted octanol–water partition coefficient (Wildman–Crippen LogP) is 4.27. The average Bonchev–Trinajstić information content (AvgIpc) is 2.74. The van der Waals surface area contributed by atoms with Crippen LogP contribution in [0.5, 0.6) is 0 Å². The molecule has 0 bridgehead atoms. The monoisotopic (exact) mass is 455 g/mol. The number of nitrogens with zero attached hydrogens (tertiary/aromatic N) is 3. The number of hydrogen-bond donors (Lipinski definition) is 3. The molecule has 0 atom stereocenters. The maximum atomic E-state index is 13.8. The summed E-state index contributed by atoms with van der Waals surface area (Å²) in [6.07, 6.45) is 0. The van der Waals surface area contributed by atoms with E-state index >= 15 is 0 Å². The summed E-state index contributed by atoms with van der Waals surface area (Å²) in [5.74, 6) is -0.119. The summed E-state index contributed by atoms with van der Waals surface area (Å²) in [4.78, 5) is 24.0. The third kappa shape index (κ3) is 4.11. The van der Waals surface area contributed by atoms with Gasteiger partial charge < -0.3 is 20.6 Å². The molecule has 166 valence electrons. The van der Waals surface area contributed by atoms with Gasteiger partial charge in [-0.05, 0) is 56.7 Å². The van der Waals surface area contributed by atoms with Crippen molar-refractivity contribution < 1.29 is 14.3 Å². The second kappa shape index (κ2) is 8.37. The molecule has 1 aromatic heterocycles. The molecule has 9 heteroatoms. The van der Waals surface area contributed by atoms with E-state index in [1.165, 1.54) is 12.1 Å². The first-order chi connectivity index (χ1) is 15.2. The van der Waals surface area contributed by atoms with Crippen LogP contribution in [0.1, 0.15) is 29.8 Å². The number of para-hydroxylation sites is 1. The molecule has 0 saturated heterocycles. The average molecular weight is 456 g/mol. The van der Waals surface area contributed by atoms with Crippen LogP contribution in [-0.4, -0.2) is 39.8 Å². The summed E-state index contributed by atoms with van der Waals surface area (Å²) >= 11 is 6.44. The lowest BCUT2D eigenvalue weighted by Crippen LogP contribution is -2.43. The summed E-state index contributed by atoms with van der Waals surface area (Å²) in [5, 5.41) is 16.2. The van der Waals surface area contributed by atoms with Crippen LogP contribution in [0.4, 0.5) is 21.8 Å². The van der Waals surface area contributed by atoms with E-state index in [0.717, 1.165) is 0 Å². The highest BCUT2D eigenvalue weighted by Crippen LogP contribution is 2.39. The van der Waals surface area contributed by atoms with Crippen LogP contribution in [0.3, 0.4) is 0 Å². The molecule has 3 N–H and O–H groups in total. The van der Waals surface area contributed by atoms with Gasteiger partial charge in [-0.15, -0.1) is 0 Å². The number of fused-ring (bicyclic) bond motifs is 1. The lowest BCUT2D eigenvalue weighted by Gasteiger charge is -2.33. The van der Waals surface area contributed by atoms with Gasteiger partial charge in [-0.3, -0.25) is 4.79 Å². The van der Waals surface area contributed by atoms with Gasteiger partial charge in [-0.25, -0.2) is 9.37 Å². The van der Waals surface area contributed by atoms with Gasteiger partial charge in [-0.1, -0.05) is 23.7 Å². The van der Waals surface area contributed by atoms with Gasteiger partial charge >= 0.3 is 0 Å². The van der Waals surface area contributed by atoms with Gasteiger partial charge in [0.25, 0.3) is 5.91 Å².